The van der Waals surface area contributed by atoms with Crippen LogP contribution in [0.15, 0.2) is 66.7 Å². The number of ether oxygens (including phenoxy) is 1. The summed E-state index contributed by atoms with van der Waals surface area (Å²) in [5, 5.41) is 19.2. The molecule has 1 aliphatic heterocycles. The van der Waals surface area contributed by atoms with Crippen molar-refractivity contribution >= 4 is 81.4 Å². The lowest BCUT2D eigenvalue weighted by atomic mass is 9.79. The van der Waals surface area contributed by atoms with Gasteiger partial charge in [0.15, 0.2) is 0 Å². The first-order valence-corrected chi connectivity index (χ1v) is 14.2. The van der Waals surface area contributed by atoms with Gasteiger partial charge in [-0.1, -0.05) is 74.0 Å². The number of carbonyl (C=O) groups excluding carboxylic acids is 1. The van der Waals surface area contributed by atoms with Gasteiger partial charge in [-0.15, -0.1) is 0 Å². The quantitative estimate of drug-likeness (QED) is 0.134. The third kappa shape index (κ3) is 2.23. The molecule has 1 heterocycles. The number of carbonyl (C=O) groups is 1. The van der Waals surface area contributed by atoms with Gasteiger partial charge in [-0.3, -0.25) is 0 Å². The van der Waals surface area contributed by atoms with Gasteiger partial charge in [0.05, 0.1) is 5.56 Å². The van der Waals surface area contributed by atoms with Crippen molar-refractivity contribution in [2.45, 2.75) is 39.2 Å². The summed E-state index contributed by atoms with van der Waals surface area (Å²) >= 11 is 0. The second-order valence-electron chi connectivity index (χ2n) is 11.6. The number of fused-ring (bicyclic) bond motifs is 7. The van der Waals surface area contributed by atoms with Crippen LogP contribution in [0.5, 0.6) is 0 Å². The highest BCUT2D eigenvalue weighted by atomic mass is 16.5. The molecule has 0 atom stereocenters. The molecule has 39 heavy (non-hydrogen) atoms. The first-order valence-electron chi connectivity index (χ1n) is 14.2. The Hall–Kier alpha value is -4.43. The molecule has 0 radical (unpaired) electrons. The molecule has 2 heteroatoms. The largest absolute Gasteiger partial charge is 0.457 e. The summed E-state index contributed by atoms with van der Waals surface area (Å²) in [5.74, 6) is -0.161. The summed E-state index contributed by atoms with van der Waals surface area (Å²) < 4.78 is 5.63. The molecule has 8 aromatic carbocycles. The molecular weight excluding hydrogens is 476 g/mol. The molecule has 8 aromatic rings. The zero-order chi connectivity index (χ0) is 25.6. The van der Waals surface area contributed by atoms with E-state index in [1.807, 2.05) is 0 Å². The normalized spacial score (nSPS) is 14.9. The molecule has 0 bridgehead atoms. The molecule has 0 amide bonds. The van der Waals surface area contributed by atoms with E-state index in [0.29, 0.717) is 6.61 Å². The number of rotatable bonds is 2. The van der Waals surface area contributed by atoms with E-state index in [2.05, 4.69) is 73.7 Å². The molecule has 0 saturated carbocycles. The molecule has 0 fully saturated rings. The topological polar surface area (TPSA) is 26.3 Å². The van der Waals surface area contributed by atoms with E-state index in [0.717, 1.165) is 36.8 Å². The van der Waals surface area contributed by atoms with Gasteiger partial charge < -0.3 is 4.74 Å². The second-order valence-corrected chi connectivity index (χ2v) is 11.6. The van der Waals surface area contributed by atoms with Crippen LogP contribution >= 0.6 is 0 Å². The zero-order valence-electron chi connectivity index (χ0n) is 21.7. The van der Waals surface area contributed by atoms with Crippen LogP contribution in [0.2, 0.25) is 0 Å². The van der Waals surface area contributed by atoms with Gasteiger partial charge in [-0.25, -0.2) is 4.79 Å². The summed E-state index contributed by atoms with van der Waals surface area (Å²) in [6, 6.07) is 25.1. The zero-order valence-corrected chi connectivity index (χ0v) is 21.7. The maximum absolute atomic E-state index is 12.8. The van der Waals surface area contributed by atoms with Crippen molar-refractivity contribution in [3.63, 3.8) is 0 Å². The summed E-state index contributed by atoms with van der Waals surface area (Å²) in [6.45, 7) is 2.66. The Morgan fingerprint density at radius 2 is 1.33 bits per heavy atom. The Balaban J connectivity index is 1.61. The van der Waals surface area contributed by atoms with Crippen LogP contribution in [0.1, 0.15) is 46.0 Å². The lowest BCUT2D eigenvalue weighted by Gasteiger charge is -2.24. The number of esters is 1. The highest BCUT2D eigenvalue weighted by Gasteiger charge is 2.32. The molecule has 184 valence electrons. The van der Waals surface area contributed by atoms with Gasteiger partial charge in [0.1, 0.15) is 6.61 Å². The highest BCUT2D eigenvalue weighted by molar-refractivity contribution is 6.45. The van der Waals surface area contributed by atoms with Gasteiger partial charge in [0.2, 0.25) is 0 Å². The van der Waals surface area contributed by atoms with Crippen molar-refractivity contribution < 1.29 is 9.53 Å². The highest BCUT2D eigenvalue weighted by Crippen LogP contribution is 2.53. The van der Waals surface area contributed by atoms with Crippen molar-refractivity contribution in [3.8, 4) is 0 Å². The van der Waals surface area contributed by atoms with E-state index in [-0.39, 0.29) is 5.97 Å². The van der Waals surface area contributed by atoms with Crippen LogP contribution in [-0.2, 0) is 30.6 Å². The van der Waals surface area contributed by atoms with Crippen LogP contribution in [0.3, 0.4) is 0 Å². The van der Waals surface area contributed by atoms with Crippen LogP contribution in [0, 0.1) is 0 Å². The Labute approximate surface area is 224 Å². The first kappa shape index (κ1) is 20.5. The van der Waals surface area contributed by atoms with E-state index in [1.165, 1.54) is 92.1 Å². The van der Waals surface area contributed by atoms with Crippen molar-refractivity contribution in [2.75, 3.05) is 0 Å². The smallest absolute Gasteiger partial charge is 0.338 e. The molecule has 10 rings (SSSR count). The van der Waals surface area contributed by atoms with Gasteiger partial charge in [0.25, 0.3) is 0 Å². The first-order chi connectivity index (χ1) is 19.2. The predicted molar refractivity (Wildman–Crippen MR) is 162 cm³/mol. The Morgan fingerprint density at radius 1 is 0.641 bits per heavy atom. The maximum Gasteiger partial charge on any atom is 0.338 e. The SMILES string of the molecule is CCCc1c2c3c(cc4c2c(c2c5ccc6cccc7c8cccc9ccc(c12)c(c98)c5c67)CC4)C(=O)OC3. The number of benzene rings is 8. The average Bonchev–Trinajstić information content (AvgIpc) is 3.56. The summed E-state index contributed by atoms with van der Waals surface area (Å²) in [7, 11) is 0. The van der Waals surface area contributed by atoms with E-state index in [4.69, 9.17) is 4.74 Å². The molecule has 0 aromatic heterocycles. The molecule has 0 unspecified atom stereocenters. The van der Waals surface area contributed by atoms with Crippen LogP contribution < -0.4 is 0 Å². The van der Waals surface area contributed by atoms with Crippen molar-refractivity contribution in [2.24, 2.45) is 0 Å². The minimum atomic E-state index is -0.161. The number of cyclic esters (lactones) is 1. The third-order valence-corrected chi connectivity index (χ3v) is 9.86. The number of aryl methyl sites for hydroxylation is 3. The Bertz CT molecular complexity index is 2410. The van der Waals surface area contributed by atoms with Gasteiger partial charge >= 0.3 is 5.97 Å². The predicted octanol–water partition coefficient (Wildman–Crippen LogP) is 9.36. The number of hydrogen-bond acceptors (Lipinski definition) is 2. The fraction of sp³-hybridized carbons (Fsp3) is 0.162. The minimum absolute atomic E-state index is 0.161. The lowest BCUT2D eigenvalue weighted by molar-refractivity contribution is 0.0535. The fourth-order valence-corrected chi connectivity index (χ4v) is 8.50. The monoisotopic (exact) mass is 500 g/mol. The van der Waals surface area contributed by atoms with E-state index in [1.54, 1.807) is 0 Å². The van der Waals surface area contributed by atoms with Crippen LogP contribution in [-0.4, -0.2) is 5.97 Å². The van der Waals surface area contributed by atoms with Crippen molar-refractivity contribution in [1.29, 1.82) is 0 Å². The van der Waals surface area contributed by atoms with Crippen molar-refractivity contribution in [1.82, 2.24) is 0 Å². The summed E-state index contributed by atoms with van der Waals surface area (Å²) in [5.41, 5.74) is 6.09. The lowest BCUT2D eigenvalue weighted by Crippen LogP contribution is -2.01. The third-order valence-electron chi connectivity index (χ3n) is 9.86. The molecule has 0 N–H and O–H groups in total. The van der Waals surface area contributed by atoms with Gasteiger partial charge in [-0.2, -0.15) is 0 Å². The fourth-order valence-electron chi connectivity index (χ4n) is 8.50. The molecule has 1 aliphatic carbocycles. The van der Waals surface area contributed by atoms with Crippen LogP contribution in [0.4, 0.5) is 0 Å². The van der Waals surface area contributed by atoms with E-state index in [9.17, 15) is 4.79 Å². The summed E-state index contributed by atoms with van der Waals surface area (Å²) in [4.78, 5) is 12.8. The Kier molecular flexibility index (Phi) is 3.56. The average molecular weight is 501 g/mol. The maximum atomic E-state index is 12.8. The number of hydrogen-bond donors (Lipinski definition) is 0. The van der Waals surface area contributed by atoms with Crippen molar-refractivity contribution in [3.05, 3.63) is 94.5 Å². The molecule has 0 saturated heterocycles. The van der Waals surface area contributed by atoms with E-state index < -0.39 is 0 Å². The second kappa shape index (κ2) is 6.76. The summed E-state index contributed by atoms with van der Waals surface area (Å²) in [6.07, 6.45) is 4.04. The Morgan fingerprint density at radius 3 is 2.03 bits per heavy atom. The van der Waals surface area contributed by atoms with Gasteiger partial charge in [-0.05, 0) is 117 Å². The standard InChI is InChI=1S/C37H24O2/c1-2-5-23-32-25-13-10-18-6-3-8-21-22-9-4-7-19-11-14-26(36(30(19)22)35(25)29(18)21)33(32)24-15-12-20-16-27-28(17-39-37(27)38)34(23)31(20)24/h3-4,6-11,13-14,16H,2,5,12,15,17H2,1H3. The van der Waals surface area contributed by atoms with Gasteiger partial charge in [0, 0.05) is 5.56 Å². The molecule has 2 nitrogen and oxygen atoms in total. The minimum Gasteiger partial charge on any atom is -0.457 e. The molecular formula is C37H24O2. The van der Waals surface area contributed by atoms with Crippen LogP contribution in [0.25, 0.3) is 75.4 Å². The van der Waals surface area contributed by atoms with E-state index >= 15 is 0 Å². The molecule has 2 aliphatic rings. The molecule has 0 spiro atoms.